The first-order valence-electron chi connectivity index (χ1n) is 3.22. The molecule has 1 heterocycles. The SMILES string of the molecule is ON=C(Cl)c1cnc(C(F)(F)F)nc1. The van der Waals surface area contributed by atoms with Gasteiger partial charge >= 0.3 is 6.18 Å². The van der Waals surface area contributed by atoms with E-state index >= 15 is 0 Å². The Morgan fingerprint density at radius 1 is 1.36 bits per heavy atom. The van der Waals surface area contributed by atoms with Crippen molar-refractivity contribution in [2.75, 3.05) is 0 Å². The molecule has 1 N–H and O–H groups in total. The highest BCUT2D eigenvalue weighted by Crippen LogP contribution is 2.25. The molecule has 76 valence electrons. The monoisotopic (exact) mass is 225 g/mol. The third kappa shape index (κ3) is 2.32. The number of oxime groups is 1. The molecule has 14 heavy (non-hydrogen) atoms. The minimum Gasteiger partial charge on any atom is -0.410 e. The molecule has 1 aromatic rings. The van der Waals surface area contributed by atoms with E-state index in [1.54, 1.807) is 0 Å². The maximum atomic E-state index is 12.0. The summed E-state index contributed by atoms with van der Waals surface area (Å²) in [5.74, 6) is -1.27. The zero-order chi connectivity index (χ0) is 10.8. The van der Waals surface area contributed by atoms with E-state index in [4.69, 9.17) is 16.8 Å². The zero-order valence-electron chi connectivity index (χ0n) is 6.46. The molecule has 0 saturated carbocycles. The van der Waals surface area contributed by atoms with Crippen LogP contribution in [0.4, 0.5) is 13.2 Å². The van der Waals surface area contributed by atoms with Gasteiger partial charge in [0.2, 0.25) is 5.82 Å². The minimum atomic E-state index is -4.60. The first-order chi connectivity index (χ1) is 6.45. The molecule has 4 nitrogen and oxygen atoms in total. The summed E-state index contributed by atoms with van der Waals surface area (Å²) in [6.45, 7) is 0. The van der Waals surface area contributed by atoms with Crippen molar-refractivity contribution in [1.29, 1.82) is 0 Å². The van der Waals surface area contributed by atoms with Crippen LogP contribution in [0, 0.1) is 0 Å². The number of nitrogens with zero attached hydrogens (tertiary/aromatic N) is 3. The van der Waals surface area contributed by atoms with Crippen LogP contribution in [0.5, 0.6) is 0 Å². The number of aromatic nitrogens is 2. The number of hydrogen-bond donors (Lipinski definition) is 1. The zero-order valence-corrected chi connectivity index (χ0v) is 7.21. The van der Waals surface area contributed by atoms with Gasteiger partial charge in [0.1, 0.15) is 0 Å². The Kier molecular flexibility index (Phi) is 2.90. The molecular weight excluding hydrogens is 223 g/mol. The van der Waals surface area contributed by atoms with Gasteiger partial charge in [-0.1, -0.05) is 16.8 Å². The second-order valence-corrected chi connectivity index (χ2v) is 2.54. The Bertz CT molecular complexity index is 348. The van der Waals surface area contributed by atoms with Crippen molar-refractivity contribution in [1.82, 2.24) is 9.97 Å². The lowest BCUT2D eigenvalue weighted by molar-refractivity contribution is -0.145. The lowest BCUT2D eigenvalue weighted by atomic mass is 10.4. The van der Waals surface area contributed by atoms with E-state index in [0.29, 0.717) is 0 Å². The van der Waals surface area contributed by atoms with Crippen molar-refractivity contribution < 1.29 is 18.4 Å². The normalized spacial score (nSPS) is 13.0. The molecule has 1 rings (SSSR count). The van der Waals surface area contributed by atoms with Crippen LogP contribution in [0.2, 0.25) is 0 Å². The largest absolute Gasteiger partial charge is 0.451 e. The summed E-state index contributed by atoms with van der Waals surface area (Å²) >= 11 is 5.30. The van der Waals surface area contributed by atoms with E-state index in [-0.39, 0.29) is 10.7 Å². The fourth-order valence-corrected chi connectivity index (χ4v) is 0.736. The maximum absolute atomic E-state index is 12.0. The molecule has 0 radical (unpaired) electrons. The molecule has 0 saturated heterocycles. The van der Waals surface area contributed by atoms with Crippen LogP contribution in [0.25, 0.3) is 0 Å². The molecule has 0 bridgehead atoms. The summed E-state index contributed by atoms with van der Waals surface area (Å²) in [4.78, 5) is 6.01. The standard InChI is InChI=1S/C6H3ClF3N3O/c7-4(13-14)3-1-11-5(12-2-3)6(8,9)10/h1-2,14H. The fourth-order valence-electron chi connectivity index (χ4n) is 0.639. The van der Waals surface area contributed by atoms with Crippen LogP contribution < -0.4 is 0 Å². The van der Waals surface area contributed by atoms with Gasteiger partial charge in [0.25, 0.3) is 0 Å². The number of halogens is 4. The van der Waals surface area contributed by atoms with Crippen LogP contribution in [0.1, 0.15) is 11.4 Å². The van der Waals surface area contributed by atoms with Gasteiger partial charge in [-0.25, -0.2) is 9.97 Å². The highest BCUT2D eigenvalue weighted by atomic mass is 35.5. The van der Waals surface area contributed by atoms with Crippen LogP contribution in [0.3, 0.4) is 0 Å². The Morgan fingerprint density at radius 2 is 1.86 bits per heavy atom. The van der Waals surface area contributed by atoms with Gasteiger partial charge in [-0.3, -0.25) is 0 Å². The molecule has 8 heteroatoms. The number of alkyl halides is 3. The Morgan fingerprint density at radius 3 is 2.21 bits per heavy atom. The highest BCUT2D eigenvalue weighted by Gasteiger charge is 2.34. The molecule has 0 unspecified atom stereocenters. The highest BCUT2D eigenvalue weighted by molar-refractivity contribution is 6.69. The van der Waals surface area contributed by atoms with Gasteiger partial charge in [-0.05, 0) is 0 Å². The van der Waals surface area contributed by atoms with Crippen molar-refractivity contribution in [2.24, 2.45) is 5.16 Å². The second kappa shape index (κ2) is 3.79. The smallest absolute Gasteiger partial charge is 0.410 e. The molecule has 1 aromatic heterocycles. The van der Waals surface area contributed by atoms with Gasteiger partial charge in [0, 0.05) is 12.4 Å². The second-order valence-electron chi connectivity index (χ2n) is 2.18. The first-order valence-corrected chi connectivity index (χ1v) is 3.60. The molecule has 0 fully saturated rings. The van der Waals surface area contributed by atoms with Crippen LogP contribution in [0.15, 0.2) is 17.5 Å². The summed E-state index contributed by atoms with van der Waals surface area (Å²) < 4.78 is 35.9. The predicted molar refractivity (Wildman–Crippen MR) is 41.2 cm³/mol. The molecule has 0 aliphatic carbocycles. The average Bonchev–Trinajstić information content (AvgIpc) is 2.15. The predicted octanol–water partition coefficient (Wildman–Crippen LogP) is 1.87. The van der Waals surface area contributed by atoms with Gasteiger partial charge < -0.3 is 5.21 Å². The Labute approximate surface area is 81.0 Å². The summed E-state index contributed by atoms with van der Waals surface area (Å²) in [5, 5.41) is 10.4. The lowest BCUT2D eigenvalue weighted by Crippen LogP contribution is -2.11. The Balaban J connectivity index is 3.01. The summed E-state index contributed by atoms with van der Waals surface area (Å²) in [6.07, 6.45) is -2.96. The molecular formula is C6H3ClF3N3O. The molecule has 0 spiro atoms. The van der Waals surface area contributed by atoms with E-state index in [1.807, 2.05) is 0 Å². The van der Waals surface area contributed by atoms with Gasteiger partial charge in [0.05, 0.1) is 5.56 Å². The van der Waals surface area contributed by atoms with Gasteiger partial charge in [0.15, 0.2) is 5.17 Å². The Hall–Kier alpha value is -1.37. The van der Waals surface area contributed by atoms with E-state index < -0.39 is 12.0 Å². The van der Waals surface area contributed by atoms with E-state index in [2.05, 4.69) is 15.1 Å². The summed E-state index contributed by atoms with van der Waals surface area (Å²) in [6, 6.07) is 0. The molecule has 0 amide bonds. The summed E-state index contributed by atoms with van der Waals surface area (Å²) in [7, 11) is 0. The average molecular weight is 226 g/mol. The first kappa shape index (κ1) is 10.7. The van der Waals surface area contributed by atoms with E-state index in [1.165, 1.54) is 0 Å². The van der Waals surface area contributed by atoms with Crippen molar-refractivity contribution >= 4 is 16.8 Å². The minimum absolute atomic E-state index is 0.00201. The molecule has 0 atom stereocenters. The molecule has 0 aliphatic heterocycles. The van der Waals surface area contributed by atoms with Gasteiger partial charge in [-0.2, -0.15) is 13.2 Å². The van der Waals surface area contributed by atoms with Crippen molar-refractivity contribution in [3.05, 3.63) is 23.8 Å². The van der Waals surface area contributed by atoms with Crippen LogP contribution in [-0.2, 0) is 6.18 Å². The fraction of sp³-hybridized carbons (Fsp3) is 0.167. The molecule has 0 aliphatic rings. The molecule has 0 aromatic carbocycles. The van der Waals surface area contributed by atoms with Crippen LogP contribution in [-0.4, -0.2) is 20.3 Å². The van der Waals surface area contributed by atoms with Crippen LogP contribution >= 0.6 is 11.6 Å². The van der Waals surface area contributed by atoms with Crippen molar-refractivity contribution in [2.45, 2.75) is 6.18 Å². The maximum Gasteiger partial charge on any atom is 0.451 e. The van der Waals surface area contributed by atoms with Crippen molar-refractivity contribution in [3.8, 4) is 0 Å². The number of rotatable bonds is 1. The summed E-state index contributed by atoms with van der Waals surface area (Å²) in [5.41, 5.74) is 0.00201. The van der Waals surface area contributed by atoms with E-state index in [9.17, 15) is 13.2 Å². The van der Waals surface area contributed by atoms with Crippen molar-refractivity contribution in [3.63, 3.8) is 0 Å². The lowest BCUT2D eigenvalue weighted by Gasteiger charge is -2.03. The third-order valence-electron chi connectivity index (χ3n) is 1.23. The van der Waals surface area contributed by atoms with Gasteiger partial charge in [-0.15, -0.1) is 0 Å². The number of hydrogen-bond acceptors (Lipinski definition) is 4. The van der Waals surface area contributed by atoms with E-state index in [0.717, 1.165) is 12.4 Å². The topological polar surface area (TPSA) is 58.4 Å². The quantitative estimate of drug-likeness (QED) is 0.451. The third-order valence-corrected chi connectivity index (χ3v) is 1.53.